The van der Waals surface area contributed by atoms with Gasteiger partial charge >= 0.3 is 0 Å². The smallest absolute Gasteiger partial charge is 0.124 e. The molecule has 0 saturated carbocycles. The summed E-state index contributed by atoms with van der Waals surface area (Å²) in [6.45, 7) is 5.69. The molecule has 1 aromatic rings. The summed E-state index contributed by atoms with van der Waals surface area (Å²) in [6, 6.07) is 4.12. The van der Waals surface area contributed by atoms with Gasteiger partial charge in [0, 0.05) is 25.9 Å². The Morgan fingerprint density at radius 1 is 1.65 bits per heavy atom. The van der Waals surface area contributed by atoms with E-state index in [4.69, 9.17) is 22.7 Å². The molecular weight excluding hydrogens is 234 g/mol. The van der Waals surface area contributed by atoms with Crippen molar-refractivity contribution in [3.63, 3.8) is 0 Å². The molecule has 0 aliphatic carbocycles. The van der Waals surface area contributed by atoms with Gasteiger partial charge in [-0.25, -0.2) is 0 Å². The van der Waals surface area contributed by atoms with Crippen LogP contribution in [0.15, 0.2) is 18.3 Å². The van der Waals surface area contributed by atoms with Crippen molar-refractivity contribution in [2.45, 2.75) is 19.9 Å². The summed E-state index contributed by atoms with van der Waals surface area (Å²) in [5, 5.41) is 0. The Bertz CT molecular complexity index is 384. The fourth-order valence-electron chi connectivity index (χ4n) is 1.87. The van der Waals surface area contributed by atoms with Crippen molar-refractivity contribution in [1.29, 1.82) is 0 Å². The minimum atomic E-state index is 0.252. The van der Waals surface area contributed by atoms with E-state index in [-0.39, 0.29) is 6.04 Å². The average Bonchev–Trinajstić information content (AvgIpc) is 2.31. The molecule has 0 radical (unpaired) electrons. The van der Waals surface area contributed by atoms with Crippen molar-refractivity contribution < 1.29 is 4.74 Å². The second-order valence-corrected chi connectivity index (χ2v) is 4.27. The fourth-order valence-corrected chi connectivity index (χ4v) is 2.03. The summed E-state index contributed by atoms with van der Waals surface area (Å²) in [5.74, 6) is 0. The third-order valence-electron chi connectivity index (χ3n) is 2.61. The number of ether oxygens (including phenoxy) is 1. The maximum Gasteiger partial charge on any atom is 0.124 e. The van der Waals surface area contributed by atoms with E-state index >= 15 is 0 Å². The highest BCUT2D eigenvalue weighted by atomic mass is 32.1. The molecule has 17 heavy (non-hydrogen) atoms. The van der Waals surface area contributed by atoms with Gasteiger partial charge in [0.1, 0.15) is 10.7 Å². The normalized spacial score (nSPS) is 12.2. The lowest BCUT2D eigenvalue weighted by atomic mass is 10.2. The largest absolute Gasteiger partial charge is 0.388 e. The molecule has 0 aliphatic rings. The maximum atomic E-state index is 5.69. The molecule has 0 aromatic carbocycles. The quantitative estimate of drug-likeness (QED) is 0.780. The van der Waals surface area contributed by atoms with Crippen molar-refractivity contribution in [1.82, 2.24) is 4.98 Å². The zero-order valence-corrected chi connectivity index (χ0v) is 11.3. The molecule has 0 spiro atoms. The van der Waals surface area contributed by atoms with Gasteiger partial charge in [0.15, 0.2) is 0 Å². The van der Waals surface area contributed by atoms with E-state index in [1.165, 1.54) is 0 Å². The SMILES string of the molecule is CCN(c1cccnc1C(N)=S)C(C)COC. The van der Waals surface area contributed by atoms with Gasteiger partial charge in [-0.05, 0) is 26.0 Å². The molecule has 0 fully saturated rings. The number of thiocarbonyl (C=S) groups is 1. The van der Waals surface area contributed by atoms with E-state index in [0.717, 1.165) is 12.2 Å². The first-order valence-electron chi connectivity index (χ1n) is 5.62. The molecule has 0 amide bonds. The average molecular weight is 253 g/mol. The van der Waals surface area contributed by atoms with E-state index in [0.29, 0.717) is 17.3 Å². The number of likely N-dealkylation sites (N-methyl/N-ethyl adjacent to an activating group) is 1. The van der Waals surface area contributed by atoms with Crippen molar-refractivity contribution in [3.05, 3.63) is 24.0 Å². The summed E-state index contributed by atoms with van der Waals surface area (Å²) in [6.07, 6.45) is 1.70. The van der Waals surface area contributed by atoms with E-state index < -0.39 is 0 Å². The molecule has 1 unspecified atom stereocenters. The lowest BCUT2D eigenvalue weighted by Crippen LogP contribution is -2.37. The van der Waals surface area contributed by atoms with Crippen LogP contribution in [-0.4, -0.2) is 36.3 Å². The third kappa shape index (κ3) is 3.38. The van der Waals surface area contributed by atoms with Gasteiger partial charge < -0.3 is 15.4 Å². The summed E-state index contributed by atoms with van der Waals surface area (Å²) < 4.78 is 5.18. The van der Waals surface area contributed by atoms with Crippen molar-refractivity contribution in [3.8, 4) is 0 Å². The Morgan fingerprint density at radius 3 is 2.88 bits per heavy atom. The van der Waals surface area contributed by atoms with Crippen LogP contribution in [0, 0.1) is 0 Å². The van der Waals surface area contributed by atoms with Gasteiger partial charge in [-0.2, -0.15) is 0 Å². The monoisotopic (exact) mass is 253 g/mol. The fraction of sp³-hybridized carbons (Fsp3) is 0.500. The van der Waals surface area contributed by atoms with Crippen LogP contribution in [0.2, 0.25) is 0 Å². The second kappa shape index (κ2) is 6.51. The number of nitrogens with two attached hydrogens (primary N) is 1. The molecule has 2 N–H and O–H groups in total. The van der Waals surface area contributed by atoms with Crippen LogP contribution >= 0.6 is 12.2 Å². The highest BCUT2D eigenvalue weighted by Crippen LogP contribution is 2.20. The molecule has 0 aliphatic heterocycles. The van der Waals surface area contributed by atoms with E-state index in [9.17, 15) is 0 Å². The number of nitrogens with zero attached hydrogens (tertiary/aromatic N) is 2. The first kappa shape index (κ1) is 13.9. The molecule has 5 heteroatoms. The minimum absolute atomic E-state index is 0.252. The molecular formula is C12H19N3OS. The lowest BCUT2D eigenvalue weighted by Gasteiger charge is -2.30. The minimum Gasteiger partial charge on any atom is -0.388 e. The Kier molecular flexibility index (Phi) is 5.31. The van der Waals surface area contributed by atoms with Crippen LogP contribution in [0.3, 0.4) is 0 Å². The van der Waals surface area contributed by atoms with E-state index in [1.54, 1.807) is 13.3 Å². The van der Waals surface area contributed by atoms with E-state index in [2.05, 4.69) is 23.7 Å². The van der Waals surface area contributed by atoms with Crippen LogP contribution in [0.25, 0.3) is 0 Å². The van der Waals surface area contributed by atoms with Gasteiger partial charge in [-0.1, -0.05) is 12.2 Å². The number of methoxy groups -OCH3 is 1. The number of pyridine rings is 1. The summed E-state index contributed by atoms with van der Waals surface area (Å²) in [5.41, 5.74) is 7.33. The first-order valence-corrected chi connectivity index (χ1v) is 6.03. The lowest BCUT2D eigenvalue weighted by molar-refractivity contribution is 0.182. The van der Waals surface area contributed by atoms with Crippen LogP contribution < -0.4 is 10.6 Å². The highest BCUT2D eigenvalue weighted by molar-refractivity contribution is 7.80. The number of rotatable bonds is 6. The number of hydrogen-bond donors (Lipinski definition) is 1. The molecule has 4 nitrogen and oxygen atoms in total. The number of hydrogen-bond acceptors (Lipinski definition) is 4. The molecule has 1 atom stereocenters. The van der Waals surface area contributed by atoms with Crippen molar-refractivity contribution in [2.75, 3.05) is 25.2 Å². The molecule has 0 saturated heterocycles. The summed E-state index contributed by atoms with van der Waals surface area (Å²) >= 11 is 5.03. The van der Waals surface area contributed by atoms with Crippen molar-refractivity contribution >= 4 is 22.9 Å². The van der Waals surface area contributed by atoms with Crippen LogP contribution in [-0.2, 0) is 4.74 Å². The van der Waals surface area contributed by atoms with Gasteiger partial charge in [0.25, 0.3) is 0 Å². The van der Waals surface area contributed by atoms with Gasteiger partial charge in [0.05, 0.1) is 12.3 Å². The molecule has 1 aromatic heterocycles. The van der Waals surface area contributed by atoms with Gasteiger partial charge in [-0.3, -0.25) is 4.98 Å². The topological polar surface area (TPSA) is 51.4 Å². The molecule has 1 rings (SSSR count). The second-order valence-electron chi connectivity index (χ2n) is 3.83. The third-order valence-corrected chi connectivity index (χ3v) is 2.80. The number of aromatic nitrogens is 1. The van der Waals surface area contributed by atoms with Crippen LogP contribution in [0.4, 0.5) is 5.69 Å². The maximum absolute atomic E-state index is 5.69. The van der Waals surface area contributed by atoms with E-state index in [1.807, 2.05) is 12.1 Å². The first-order chi connectivity index (χ1) is 8.11. The number of anilines is 1. The molecule has 1 heterocycles. The zero-order chi connectivity index (χ0) is 12.8. The van der Waals surface area contributed by atoms with Crippen molar-refractivity contribution in [2.24, 2.45) is 5.73 Å². The Labute approximate surface area is 108 Å². The Hall–Kier alpha value is -1.20. The highest BCUT2D eigenvalue weighted by Gasteiger charge is 2.17. The summed E-state index contributed by atoms with van der Waals surface area (Å²) in [4.78, 5) is 6.75. The zero-order valence-electron chi connectivity index (χ0n) is 10.5. The van der Waals surface area contributed by atoms with Gasteiger partial charge in [0.2, 0.25) is 0 Å². The predicted octanol–water partition coefficient (Wildman–Crippen LogP) is 1.58. The van der Waals surface area contributed by atoms with Crippen LogP contribution in [0.5, 0.6) is 0 Å². The Morgan fingerprint density at radius 2 is 2.35 bits per heavy atom. The Balaban J connectivity index is 3.06. The van der Waals surface area contributed by atoms with Crippen LogP contribution in [0.1, 0.15) is 19.5 Å². The standard InChI is InChI=1S/C12H19N3OS/c1-4-15(9(2)8-16-3)10-6-5-7-14-11(10)12(13)17/h5-7,9H,4,8H2,1-3H3,(H2,13,17). The predicted molar refractivity (Wildman–Crippen MR) is 74.5 cm³/mol. The molecule has 94 valence electrons. The van der Waals surface area contributed by atoms with Gasteiger partial charge in [-0.15, -0.1) is 0 Å². The molecule has 0 bridgehead atoms. The summed E-state index contributed by atoms with van der Waals surface area (Å²) in [7, 11) is 1.70.